The molecule has 9 heteroatoms. The van der Waals surface area contributed by atoms with Gasteiger partial charge in [0.25, 0.3) is 5.91 Å². The number of halogens is 3. The van der Waals surface area contributed by atoms with Gasteiger partial charge in [-0.15, -0.1) is 0 Å². The second-order valence-corrected chi connectivity index (χ2v) is 5.69. The third kappa shape index (κ3) is 3.04. The Bertz CT molecular complexity index is 808. The number of amides is 3. The van der Waals surface area contributed by atoms with Crippen molar-refractivity contribution in [2.75, 3.05) is 0 Å². The number of urea groups is 1. The lowest BCUT2D eigenvalue weighted by atomic mass is 9.91. The van der Waals surface area contributed by atoms with Gasteiger partial charge in [-0.3, -0.25) is 9.69 Å². The fourth-order valence-corrected chi connectivity index (χ4v) is 2.58. The summed E-state index contributed by atoms with van der Waals surface area (Å²) in [5.41, 5.74) is -2.02. The summed E-state index contributed by atoms with van der Waals surface area (Å²) in [6, 6.07) is 5.07. The molecule has 1 saturated heterocycles. The molecule has 1 aromatic heterocycles. The zero-order valence-corrected chi connectivity index (χ0v) is 13.0. The number of rotatable bonds is 3. The predicted molar refractivity (Wildman–Crippen MR) is 79.9 cm³/mol. The Hall–Kier alpha value is -2.97. The summed E-state index contributed by atoms with van der Waals surface area (Å²) in [5, 5.41) is 2.53. The van der Waals surface area contributed by atoms with E-state index in [1.807, 2.05) is 0 Å². The lowest BCUT2D eigenvalue weighted by Crippen LogP contribution is -2.40. The first-order valence-corrected chi connectivity index (χ1v) is 7.29. The molecule has 6 nitrogen and oxygen atoms in total. The Morgan fingerprint density at radius 3 is 2.28 bits per heavy atom. The summed E-state index contributed by atoms with van der Waals surface area (Å²) in [7, 11) is 0. The Morgan fingerprint density at radius 2 is 1.72 bits per heavy atom. The summed E-state index contributed by atoms with van der Waals surface area (Å²) < 4.78 is 38.0. The van der Waals surface area contributed by atoms with E-state index in [0.717, 1.165) is 17.0 Å². The summed E-state index contributed by atoms with van der Waals surface area (Å²) in [4.78, 5) is 33.7. The van der Waals surface area contributed by atoms with Crippen molar-refractivity contribution in [2.45, 2.75) is 25.2 Å². The maximum atomic E-state index is 12.7. The number of nitrogens with zero attached hydrogens (tertiary/aromatic N) is 3. The van der Waals surface area contributed by atoms with Crippen molar-refractivity contribution < 1.29 is 22.8 Å². The lowest BCUT2D eigenvalue weighted by molar-refractivity contribution is -0.137. The van der Waals surface area contributed by atoms with Crippen LogP contribution in [-0.2, 0) is 23.1 Å². The van der Waals surface area contributed by atoms with E-state index in [1.165, 1.54) is 31.5 Å². The summed E-state index contributed by atoms with van der Waals surface area (Å²) >= 11 is 0. The van der Waals surface area contributed by atoms with Gasteiger partial charge in [0.05, 0.1) is 12.1 Å². The van der Waals surface area contributed by atoms with Crippen LogP contribution in [0.2, 0.25) is 0 Å². The lowest BCUT2D eigenvalue weighted by Gasteiger charge is -2.22. The Balaban J connectivity index is 1.87. The normalized spacial score (nSPS) is 20.7. The van der Waals surface area contributed by atoms with Gasteiger partial charge in [-0.1, -0.05) is 12.1 Å². The number of nitrogens with one attached hydrogen (secondary N) is 1. The molecule has 1 aliphatic heterocycles. The zero-order valence-electron chi connectivity index (χ0n) is 13.0. The molecule has 2 aromatic rings. The highest BCUT2D eigenvalue weighted by atomic mass is 19.4. The number of alkyl halides is 3. The summed E-state index contributed by atoms with van der Waals surface area (Å²) in [5.74, 6) is -0.299. The molecular formula is C16H13F3N4O2. The second-order valence-electron chi connectivity index (χ2n) is 5.69. The monoisotopic (exact) mass is 350 g/mol. The Labute approximate surface area is 140 Å². The Morgan fingerprint density at radius 1 is 1.12 bits per heavy atom. The largest absolute Gasteiger partial charge is 0.416 e. The van der Waals surface area contributed by atoms with E-state index < -0.39 is 29.2 Å². The number of benzene rings is 1. The molecule has 3 amide bonds. The molecule has 0 saturated carbocycles. The van der Waals surface area contributed by atoms with Crippen LogP contribution in [0.4, 0.5) is 18.0 Å². The molecule has 1 aliphatic rings. The first-order valence-electron chi connectivity index (χ1n) is 7.29. The molecule has 130 valence electrons. The number of imide groups is 1. The average Bonchev–Trinajstić information content (AvgIpc) is 2.79. The molecule has 1 N–H and O–H groups in total. The van der Waals surface area contributed by atoms with E-state index in [2.05, 4.69) is 15.3 Å². The molecule has 0 radical (unpaired) electrons. The number of hydrogen-bond acceptors (Lipinski definition) is 4. The number of aromatic nitrogens is 2. The van der Waals surface area contributed by atoms with Gasteiger partial charge in [0.15, 0.2) is 0 Å². The fourth-order valence-electron chi connectivity index (χ4n) is 2.58. The van der Waals surface area contributed by atoms with Gasteiger partial charge in [-0.2, -0.15) is 13.2 Å². The predicted octanol–water partition coefficient (Wildman–Crippen LogP) is 2.46. The molecule has 25 heavy (non-hydrogen) atoms. The maximum absolute atomic E-state index is 12.7. The fraction of sp³-hybridized carbons (Fsp3) is 0.250. The van der Waals surface area contributed by atoms with Crippen LogP contribution in [0.15, 0.2) is 42.7 Å². The van der Waals surface area contributed by atoms with Crippen LogP contribution < -0.4 is 5.32 Å². The van der Waals surface area contributed by atoms with Crippen molar-refractivity contribution in [1.29, 1.82) is 0 Å². The average molecular weight is 350 g/mol. The minimum absolute atomic E-state index is 0.123. The van der Waals surface area contributed by atoms with Crippen molar-refractivity contribution in [3.05, 3.63) is 59.7 Å². The van der Waals surface area contributed by atoms with E-state index >= 15 is 0 Å². The zero-order chi connectivity index (χ0) is 18.2. The Kier molecular flexibility index (Phi) is 3.94. The highest BCUT2D eigenvalue weighted by Crippen LogP contribution is 2.33. The topological polar surface area (TPSA) is 75.2 Å². The molecular weight excluding hydrogens is 337 g/mol. The molecule has 0 spiro atoms. The SMILES string of the molecule is CC1(c2ccc(C(F)(F)F)cc2)NC(=O)N(Cc2ncccn2)C1=O. The molecule has 1 aromatic carbocycles. The van der Waals surface area contributed by atoms with Crippen molar-refractivity contribution in [3.8, 4) is 0 Å². The van der Waals surface area contributed by atoms with Crippen LogP contribution >= 0.6 is 0 Å². The minimum atomic E-state index is -4.47. The van der Waals surface area contributed by atoms with Gasteiger partial charge in [0.2, 0.25) is 0 Å². The van der Waals surface area contributed by atoms with E-state index in [1.54, 1.807) is 6.07 Å². The molecule has 1 atom stereocenters. The number of carbonyl (C=O) groups is 2. The minimum Gasteiger partial charge on any atom is -0.319 e. The van der Waals surface area contributed by atoms with E-state index in [9.17, 15) is 22.8 Å². The van der Waals surface area contributed by atoms with Crippen molar-refractivity contribution in [3.63, 3.8) is 0 Å². The molecule has 1 unspecified atom stereocenters. The van der Waals surface area contributed by atoms with Gasteiger partial charge in [0, 0.05) is 12.4 Å². The van der Waals surface area contributed by atoms with Gasteiger partial charge in [-0.05, 0) is 30.7 Å². The first kappa shape index (κ1) is 16.9. The summed E-state index contributed by atoms with van der Waals surface area (Å²) in [6.45, 7) is 1.32. The smallest absolute Gasteiger partial charge is 0.319 e. The van der Waals surface area contributed by atoms with E-state index in [-0.39, 0.29) is 17.9 Å². The maximum Gasteiger partial charge on any atom is 0.416 e. The van der Waals surface area contributed by atoms with Crippen LogP contribution in [0.1, 0.15) is 23.9 Å². The third-order valence-electron chi connectivity index (χ3n) is 3.98. The highest BCUT2D eigenvalue weighted by molar-refractivity contribution is 6.07. The van der Waals surface area contributed by atoms with E-state index in [0.29, 0.717) is 0 Å². The van der Waals surface area contributed by atoms with Gasteiger partial charge in [-0.25, -0.2) is 14.8 Å². The van der Waals surface area contributed by atoms with Gasteiger partial charge in [0.1, 0.15) is 11.4 Å². The third-order valence-corrected chi connectivity index (χ3v) is 3.98. The standard InChI is InChI=1S/C16H13F3N4O2/c1-15(10-3-5-11(6-4-10)16(17,18)19)13(24)23(14(25)22-15)9-12-20-7-2-8-21-12/h2-8H,9H2,1H3,(H,22,25). The van der Waals surface area contributed by atoms with Crippen LogP contribution in [0.25, 0.3) is 0 Å². The second kappa shape index (κ2) is 5.83. The molecule has 3 rings (SSSR count). The molecule has 0 bridgehead atoms. The van der Waals surface area contributed by atoms with Gasteiger partial charge < -0.3 is 5.32 Å². The van der Waals surface area contributed by atoms with Crippen molar-refractivity contribution >= 4 is 11.9 Å². The highest BCUT2D eigenvalue weighted by Gasteiger charge is 2.49. The van der Waals surface area contributed by atoms with Crippen LogP contribution in [0, 0.1) is 0 Å². The quantitative estimate of drug-likeness (QED) is 0.863. The van der Waals surface area contributed by atoms with Gasteiger partial charge >= 0.3 is 12.2 Å². The first-order chi connectivity index (χ1) is 11.7. The summed E-state index contributed by atoms with van der Waals surface area (Å²) in [6.07, 6.45) is -1.51. The molecule has 2 heterocycles. The number of carbonyl (C=O) groups excluding carboxylic acids is 2. The van der Waals surface area contributed by atoms with Crippen molar-refractivity contribution in [1.82, 2.24) is 20.2 Å². The number of hydrogen-bond donors (Lipinski definition) is 1. The van der Waals surface area contributed by atoms with Crippen LogP contribution in [0.3, 0.4) is 0 Å². The molecule has 0 aliphatic carbocycles. The van der Waals surface area contributed by atoms with Crippen LogP contribution in [0.5, 0.6) is 0 Å². The molecule has 1 fully saturated rings. The van der Waals surface area contributed by atoms with Crippen LogP contribution in [-0.4, -0.2) is 26.8 Å². The van der Waals surface area contributed by atoms with E-state index in [4.69, 9.17) is 0 Å². The van der Waals surface area contributed by atoms with Crippen molar-refractivity contribution in [2.24, 2.45) is 0 Å².